The van der Waals surface area contributed by atoms with Crippen molar-refractivity contribution >= 4 is 0 Å². The normalized spacial score (nSPS) is 16.7. The van der Waals surface area contributed by atoms with Crippen LogP contribution in [0.25, 0.3) is 0 Å². The lowest BCUT2D eigenvalue weighted by atomic mass is 9.61. The SMILES string of the molecule is C=C(CC1CC(C)(C)C1)CC(Cc1ccccc1)(c1cc(C)cc(CC(C)(C)C(C)C)c1)c1ccc(C)c(CC(C)C)c1. The first-order chi connectivity index (χ1) is 20.1. The first kappa shape index (κ1) is 33.3. The molecule has 0 aliphatic heterocycles. The smallest absolute Gasteiger partial charge is 0.0280 e. The summed E-state index contributed by atoms with van der Waals surface area (Å²) in [5.74, 6) is 2.01. The largest absolute Gasteiger partial charge is 0.0998 e. The van der Waals surface area contributed by atoms with Crippen LogP contribution in [0.5, 0.6) is 0 Å². The maximum absolute atomic E-state index is 4.82. The topological polar surface area (TPSA) is 0 Å². The Labute approximate surface area is 265 Å². The van der Waals surface area contributed by atoms with E-state index in [-0.39, 0.29) is 10.8 Å². The Morgan fingerprint density at radius 2 is 1.51 bits per heavy atom. The lowest BCUT2D eigenvalue weighted by Crippen LogP contribution is -2.34. The molecule has 0 N–H and O–H groups in total. The molecule has 0 nitrogen and oxygen atoms in total. The molecule has 0 saturated heterocycles. The number of hydrogen-bond donors (Lipinski definition) is 0. The monoisotopic (exact) mass is 576 g/mol. The molecule has 0 radical (unpaired) electrons. The molecule has 1 aliphatic carbocycles. The average molecular weight is 577 g/mol. The molecule has 4 rings (SSSR count). The summed E-state index contributed by atoms with van der Waals surface area (Å²) in [6, 6.07) is 26.1. The van der Waals surface area contributed by atoms with Crippen LogP contribution in [0.15, 0.2) is 78.9 Å². The summed E-state index contributed by atoms with van der Waals surface area (Å²) in [5.41, 5.74) is 12.0. The molecular formula is C43H60. The minimum absolute atomic E-state index is 0.181. The fraction of sp³-hybridized carbons (Fsp3) is 0.535. The number of allylic oxidation sites excluding steroid dienone is 1. The standard InChI is InChI=1S/C43H60/c1-30(2)19-38-24-39(18-17-34(38)7)43(29-35-15-13-12-14-16-35,25-33(6)21-37-26-41(8,9)27-37)40-22-32(5)20-36(23-40)28-42(10,11)31(3)4/h12-18,20,22-24,30-31,37H,6,19,21,25-29H2,1-5,7-11H3. The zero-order valence-corrected chi connectivity index (χ0v) is 29.2. The van der Waals surface area contributed by atoms with E-state index >= 15 is 0 Å². The first-order valence-electron chi connectivity index (χ1n) is 17.0. The van der Waals surface area contributed by atoms with Crippen molar-refractivity contribution in [3.63, 3.8) is 0 Å². The number of aryl methyl sites for hydroxylation is 2. The van der Waals surface area contributed by atoms with Crippen molar-refractivity contribution < 1.29 is 0 Å². The van der Waals surface area contributed by atoms with Gasteiger partial charge in [-0.25, -0.2) is 0 Å². The summed E-state index contributed by atoms with van der Waals surface area (Å²) in [7, 11) is 0. The van der Waals surface area contributed by atoms with Gasteiger partial charge in [0.1, 0.15) is 0 Å². The van der Waals surface area contributed by atoms with Gasteiger partial charge in [-0.2, -0.15) is 0 Å². The summed E-state index contributed by atoms with van der Waals surface area (Å²) >= 11 is 0. The predicted molar refractivity (Wildman–Crippen MR) is 189 cm³/mol. The van der Waals surface area contributed by atoms with E-state index in [4.69, 9.17) is 6.58 Å². The van der Waals surface area contributed by atoms with E-state index in [0.717, 1.165) is 38.0 Å². The molecule has 0 bridgehead atoms. The molecule has 0 amide bonds. The van der Waals surface area contributed by atoms with Crippen molar-refractivity contribution in [3.8, 4) is 0 Å². The van der Waals surface area contributed by atoms with Crippen LogP contribution in [-0.4, -0.2) is 0 Å². The van der Waals surface area contributed by atoms with Crippen LogP contribution in [0.4, 0.5) is 0 Å². The van der Waals surface area contributed by atoms with Crippen LogP contribution in [-0.2, 0) is 24.7 Å². The van der Waals surface area contributed by atoms with E-state index < -0.39 is 0 Å². The van der Waals surface area contributed by atoms with Gasteiger partial charge >= 0.3 is 0 Å². The Kier molecular flexibility index (Phi) is 10.2. The molecule has 3 aromatic rings. The van der Waals surface area contributed by atoms with Gasteiger partial charge in [0.2, 0.25) is 0 Å². The number of hydrogen-bond acceptors (Lipinski definition) is 0. The highest BCUT2D eigenvalue weighted by molar-refractivity contribution is 5.48. The highest BCUT2D eigenvalue weighted by atomic mass is 14.4. The minimum atomic E-state index is -0.181. The first-order valence-corrected chi connectivity index (χ1v) is 17.0. The maximum atomic E-state index is 4.82. The van der Waals surface area contributed by atoms with Crippen LogP contribution >= 0.6 is 0 Å². The van der Waals surface area contributed by atoms with Gasteiger partial charge in [-0.1, -0.05) is 140 Å². The highest BCUT2D eigenvalue weighted by Crippen LogP contribution is 2.50. The Hall–Kier alpha value is -2.60. The molecule has 1 fully saturated rings. The summed E-state index contributed by atoms with van der Waals surface area (Å²) in [6.45, 7) is 28.5. The third-order valence-electron chi connectivity index (χ3n) is 10.6. The fourth-order valence-corrected chi connectivity index (χ4v) is 7.74. The van der Waals surface area contributed by atoms with E-state index in [1.807, 2.05) is 0 Å². The summed E-state index contributed by atoms with van der Waals surface area (Å²) < 4.78 is 0. The summed E-state index contributed by atoms with van der Waals surface area (Å²) in [5, 5.41) is 0. The number of benzene rings is 3. The van der Waals surface area contributed by atoms with Crippen LogP contribution in [0.2, 0.25) is 0 Å². The van der Waals surface area contributed by atoms with E-state index in [9.17, 15) is 0 Å². The lowest BCUT2D eigenvalue weighted by molar-refractivity contribution is 0.0959. The van der Waals surface area contributed by atoms with Gasteiger partial charge in [-0.15, -0.1) is 0 Å². The Bertz CT molecular complexity index is 1370. The fourth-order valence-electron chi connectivity index (χ4n) is 7.74. The van der Waals surface area contributed by atoms with E-state index in [1.165, 1.54) is 57.4 Å². The molecule has 232 valence electrons. The van der Waals surface area contributed by atoms with Gasteiger partial charge in [0.05, 0.1) is 0 Å². The van der Waals surface area contributed by atoms with Crippen LogP contribution in [0.3, 0.4) is 0 Å². The van der Waals surface area contributed by atoms with Gasteiger partial charge in [-0.05, 0) is 121 Å². The molecule has 0 heteroatoms. The van der Waals surface area contributed by atoms with E-state index in [1.54, 1.807) is 0 Å². The predicted octanol–water partition coefficient (Wildman–Crippen LogP) is 12.0. The Morgan fingerprint density at radius 1 is 0.837 bits per heavy atom. The van der Waals surface area contributed by atoms with Crippen molar-refractivity contribution in [2.24, 2.45) is 28.6 Å². The molecule has 1 aliphatic rings. The lowest BCUT2D eigenvalue weighted by Gasteiger charge is -2.44. The molecule has 1 saturated carbocycles. The van der Waals surface area contributed by atoms with E-state index in [2.05, 4.69) is 136 Å². The number of rotatable bonds is 13. The second-order valence-corrected chi connectivity index (χ2v) is 16.6. The quantitative estimate of drug-likeness (QED) is 0.178. The van der Waals surface area contributed by atoms with Gasteiger partial charge in [0.15, 0.2) is 0 Å². The Morgan fingerprint density at radius 3 is 2.12 bits per heavy atom. The van der Waals surface area contributed by atoms with Crippen molar-refractivity contribution in [2.45, 2.75) is 120 Å². The third-order valence-corrected chi connectivity index (χ3v) is 10.6. The second kappa shape index (κ2) is 13.2. The zero-order chi connectivity index (χ0) is 31.6. The molecule has 0 heterocycles. The average Bonchev–Trinajstić information content (AvgIpc) is 2.88. The molecular weight excluding hydrogens is 516 g/mol. The summed E-state index contributed by atoms with van der Waals surface area (Å²) in [6.07, 6.45) is 7.94. The molecule has 3 aromatic carbocycles. The van der Waals surface area contributed by atoms with Crippen LogP contribution in [0.1, 0.15) is 120 Å². The molecule has 1 atom stereocenters. The third kappa shape index (κ3) is 8.32. The van der Waals surface area contributed by atoms with Crippen molar-refractivity contribution in [1.82, 2.24) is 0 Å². The maximum Gasteiger partial charge on any atom is 0.0280 e. The molecule has 43 heavy (non-hydrogen) atoms. The zero-order valence-electron chi connectivity index (χ0n) is 29.2. The molecule has 1 unspecified atom stereocenters. The van der Waals surface area contributed by atoms with Gasteiger partial charge in [-0.3, -0.25) is 0 Å². The van der Waals surface area contributed by atoms with Gasteiger partial charge in [0.25, 0.3) is 0 Å². The van der Waals surface area contributed by atoms with Crippen LogP contribution in [0, 0.1) is 42.4 Å². The van der Waals surface area contributed by atoms with Crippen molar-refractivity contribution in [3.05, 3.63) is 118 Å². The van der Waals surface area contributed by atoms with Crippen molar-refractivity contribution in [2.75, 3.05) is 0 Å². The Balaban J connectivity index is 1.91. The molecule has 0 spiro atoms. The van der Waals surface area contributed by atoms with Crippen LogP contribution < -0.4 is 0 Å². The van der Waals surface area contributed by atoms with Crippen molar-refractivity contribution in [1.29, 1.82) is 0 Å². The minimum Gasteiger partial charge on any atom is -0.0998 e. The second-order valence-electron chi connectivity index (χ2n) is 16.6. The highest BCUT2D eigenvalue weighted by Gasteiger charge is 2.40. The van der Waals surface area contributed by atoms with E-state index in [0.29, 0.717) is 17.3 Å². The summed E-state index contributed by atoms with van der Waals surface area (Å²) in [4.78, 5) is 0. The molecule has 0 aromatic heterocycles. The van der Waals surface area contributed by atoms with Gasteiger partial charge < -0.3 is 0 Å². The van der Waals surface area contributed by atoms with Gasteiger partial charge in [0, 0.05) is 5.41 Å².